The van der Waals surface area contributed by atoms with Crippen molar-refractivity contribution in [1.82, 2.24) is 0 Å². The largest absolute Gasteiger partial charge is 0.495 e. The number of hydrogen-bond acceptors (Lipinski definition) is 7. The van der Waals surface area contributed by atoms with Gasteiger partial charge in [0.15, 0.2) is 0 Å². The molecule has 3 heterocycles. The van der Waals surface area contributed by atoms with E-state index in [4.69, 9.17) is 33.2 Å². The van der Waals surface area contributed by atoms with Gasteiger partial charge >= 0.3 is 0 Å². The Labute approximate surface area is 278 Å². The zero-order valence-corrected chi connectivity index (χ0v) is 28.0. The molecule has 3 aromatic rings. The highest BCUT2D eigenvalue weighted by molar-refractivity contribution is 5.84. The lowest BCUT2D eigenvalue weighted by molar-refractivity contribution is 0.186. The van der Waals surface area contributed by atoms with Crippen LogP contribution in [0, 0.1) is 20.8 Å². The van der Waals surface area contributed by atoms with Crippen LogP contribution in [0.25, 0.3) is 17.7 Å². The average molecular weight is 637 g/mol. The maximum atomic E-state index is 6.41. The van der Waals surface area contributed by atoms with Crippen molar-refractivity contribution in [1.29, 1.82) is 0 Å². The number of epoxide rings is 3. The van der Waals surface area contributed by atoms with E-state index in [9.17, 15) is 0 Å². The van der Waals surface area contributed by atoms with Crippen molar-refractivity contribution in [3.05, 3.63) is 123 Å². The molecule has 0 amide bonds. The first-order chi connectivity index (χ1) is 22.7. The minimum atomic E-state index is 0.153. The van der Waals surface area contributed by atoms with Crippen LogP contribution in [-0.4, -0.2) is 58.0 Å². The Bertz CT molecular complexity index is 1700. The van der Waals surface area contributed by atoms with Gasteiger partial charge in [0.25, 0.3) is 0 Å². The molecule has 3 aromatic carbocycles. The lowest BCUT2D eigenvalue weighted by atomic mass is 9.91. The fourth-order valence-electron chi connectivity index (χ4n) is 5.20. The third-order valence-electron chi connectivity index (χ3n) is 8.31. The Morgan fingerprint density at radius 2 is 1.40 bits per heavy atom. The summed E-state index contributed by atoms with van der Waals surface area (Å²) in [6, 6.07) is 18.8. The van der Waals surface area contributed by atoms with E-state index >= 15 is 0 Å². The van der Waals surface area contributed by atoms with E-state index in [1.165, 1.54) is 0 Å². The minimum Gasteiger partial charge on any atom is -0.495 e. The molecule has 3 aliphatic rings. The number of rotatable bonds is 16. The van der Waals surface area contributed by atoms with Crippen molar-refractivity contribution in [2.75, 3.05) is 39.6 Å². The predicted octanol–water partition coefficient (Wildman–Crippen LogP) is 7.97. The smallest absolute Gasteiger partial charge is 0.127 e. The van der Waals surface area contributed by atoms with E-state index in [-0.39, 0.29) is 18.3 Å². The van der Waals surface area contributed by atoms with Crippen LogP contribution in [0.1, 0.15) is 52.8 Å². The summed E-state index contributed by atoms with van der Waals surface area (Å²) in [5.41, 5.74) is 8.66. The van der Waals surface area contributed by atoms with Crippen molar-refractivity contribution in [2.24, 2.45) is 0 Å². The summed E-state index contributed by atoms with van der Waals surface area (Å²) >= 11 is 0. The van der Waals surface area contributed by atoms with Gasteiger partial charge in [0.2, 0.25) is 0 Å². The van der Waals surface area contributed by atoms with Crippen molar-refractivity contribution in [2.45, 2.75) is 52.9 Å². The van der Waals surface area contributed by atoms with Crippen molar-refractivity contribution in [3.8, 4) is 11.5 Å². The molecule has 3 atom stereocenters. The molecular formula is C40H44O7. The third kappa shape index (κ3) is 9.38. The summed E-state index contributed by atoms with van der Waals surface area (Å²) < 4.78 is 40.2. The lowest BCUT2D eigenvalue weighted by Gasteiger charge is -2.18. The Morgan fingerprint density at radius 1 is 0.745 bits per heavy atom. The van der Waals surface area contributed by atoms with Crippen LogP contribution in [0.4, 0.5) is 0 Å². The van der Waals surface area contributed by atoms with Gasteiger partial charge < -0.3 is 33.2 Å². The monoisotopic (exact) mass is 636 g/mol. The highest BCUT2D eigenvalue weighted by Crippen LogP contribution is 2.35. The SMILES string of the molecule is C=C(/C=C\c1ccc(/C(=C(/C)OCC2CO2)c2cc(O/C(C)=C/c3cc(OCC4CO4)ccc3C)ccc2C)cc1C)OCC1CO1. The predicted molar refractivity (Wildman–Crippen MR) is 184 cm³/mol. The molecule has 3 unspecified atom stereocenters. The molecule has 0 bridgehead atoms. The summed E-state index contributed by atoms with van der Waals surface area (Å²) in [6.07, 6.45) is 6.55. The van der Waals surface area contributed by atoms with E-state index < -0.39 is 0 Å². The summed E-state index contributed by atoms with van der Waals surface area (Å²) in [6.45, 7) is 18.2. The second-order valence-electron chi connectivity index (χ2n) is 12.5. The van der Waals surface area contributed by atoms with E-state index in [1.807, 2.05) is 50.3 Å². The standard InChI is InChI=1S/C40H44O7/c1-25-7-13-34(43-21-38-24-46-38)17-33(25)16-29(5)47-35-14-8-26(2)39(18-35)40(30(6)42-20-37-23-45-37)32-12-11-31(27(3)15-32)10-9-28(4)41-19-36-22-44-36/h7-18,36-38H,4,19-24H2,1-3,5-6H3/b10-9-,29-16+,40-30+. The van der Waals surface area contributed by atoms with Gasteiger partial charge in [0.1, 0.15) is 66.9 Å². The molecule has 3 aliphatic heterocycles. The first kappa shape index (κ1) is 32.6. The molecule has 246 valence electrons. The van der Waals surface area contributed by atoms with Gasteiger partial charge in [-0.25, -0.2) is 0 Å². The molecule has 7 heteroatoms. The Hall–Kier alpha value is -4.30. The number of ether oxygens (including phenoxy) is 7. The Morgan fingerprint density at radius 3 is 2.11 bits per heavy atom. The molecule has 47 heavy (non-hydrogen) atoms. The van der Waals surface area contributed by atoms with E-state index in [0.717, 1.165) is 87.4 Å². The van der Waals surface area contributed by atoms with E-state index in [2.05, 4.69) is 63.7 Å². The highest BCUT2D eigenvalue weighted by atomic mass is 16.6. The van der Waals surface area contributed by atoms with Crippen molar-refractivity contribution >= 4 is 17.7 Å². The summed E-state index contributed by atoms with van der Waals surface area (Å²) in [4.78, 5) is 0. The topological polar surface area (TPSA) is 74.5 Å². The fraction of sp³-hybridized carbons (Fsp3) is 0.350. The lowest BCUT2D eigenvalue weighted by Crippen LogP contribution is -2.04. The first-order valence-electron chi connectivity index (χ1n) is 16.2. The van der Waals surface area contributed by atoms with Gasteiger partial charge in [-0.1, -0.05) is 43.0 Å². The van der Waals surface area contributed by atoms with Gasteiger partial charge in [-0.3, -0.25) is 0 Å². The summed E-state index contributed by atoms with van der Waals surface area (Å²) in [5.74, 6) is 3.80. The van der Waals surface area contributed by atoms with E-state index in [1.54, 1.807) is 0 Å². The molecule has 0 N–H and O–H groups in total. The molecule has 7 nitrogen and oxygen atoms in total. The van der Waals surface area contributed by atoms with Crippen LogP contribution in [-0.2, 0) is 23.7 Å². The zero-order valence-electron chi connectivity index (χ0n) is 28.0. The molecule has 3 fully saturated rings. The second-order valence-corrected chi connectivity index (χ2v) is 12.5. The third-order valence-corrected chi connectivity index (χ3v) is 8.31. The molecular weight excluding hydrogens is 592 g/mol. The number of aryl methyl sites for hydroxylation is 3. The molecule has 6 rings (SSSR count). The quantitative estimate of drug-likeness (QED) is 0.0897. The Balaban J connectivity index is 1.24. The second kappa shape index (κ2) is 14.6. The molecule has 0 spiro atoms. The van der Waals surface area contributed by atoms with Gasteiger partial charge in [-0.05, 0) is 110 Å². The van der Waals surface area contributed by atoms with Crippen LogP contribution < -0.4 is 9.47 Å². The van der Waals surface area contributed by atoms with Crippen LogP contribution in [0.15, 0.2) is 84.5 Å². The van der Waals surface area contributed by atoms with Crippen molar-refractivity contribution < 1.29 is 33.2 Å². The molecule has 0 radical (unpaired) electrons. The number of allylic oxidation sites excluding steroid dienone is 3. The molecule has 0 saturated carbocycles. The van der Waals surface area contributed by atoms with Crippen LogP contribution in [0.5, 0.6) is 11.5 Å². The first-order valence-corrected chi connectivity index (χ1v) is 16.2. The fourth-order valence-corrected chi connectivity index (χ4v) is 5.20. The van der Waals surface area contributed by atoms with Gasteiger partial charge in [0.05, 0.1) is 19.8 Å². The van der Waals surface area contributed by atoms with Gasteiger partial charge in [-0.15, -0.1) is 0 Å². The van der Waals surface area contributed by atoms with Crippen LogP contribution in [0.2, 0.25) is 0 Å². The van der Waals surface area contributed by atoms with Crippen molar-refractivity contribution in [3.63, 3.8) is 0 Å². The number of hydrogen-bond donors (Lipinski definition) is 0. The van der Waals surface area contributed by atoms with Gasteiger partial charge in [-0.2, -0.15) is 0 Å². The van der Waals surface area contributed by atoms with Crippen LogP contribution in [0.3, 0.4) is 0 Å². The highest BCUT2D eigenvalue weighted by Gasteiger charge is 2.25. The molecule has 0 aromatic heterocycles. The maximum absolute atomic E-state index is 6.41. The summed E-state index contributed by atoms with van der Waals surface area (Å²) in [5, 5.41) is 0. The van der Waals surface area contributed by atoms with E-state index in [0.29, 0.717) is 25.6 Å². The van der Waals surface area contributed by atoms with Gasteiger partial charge in [0, 0.05) is 5.57 Å². The molecule has 3 saturated heterocycles. The molecule has 0 aliphatic carbocycles. The number of benzene rings is 3. The maximum Gasteiger partial charge on any atom is 0.127 e. The average Bonchev–Trinajstić information content (AvgIpc) is 3.90. The summed E-state index contributed by atoms with van der Waals surface area (Å²) in [7, 11) is 0. The zero-order chi connectivity index (χ0) is 32.9. The Kier molecular flexibility index (Phi) is 10.2. The minimum absolute atomic E-state index is 0.153. The van der Waals surface area contributed by atoms with Crippen LogP contribution >= 0.6 is 0 Å². The normalized spacial score (nSPS) is 20.4.